The normalized spacial score (nSPS) is 14.0. The Kier molecular flexibility index (Phi) is 5.42. The Labute approximate surface area is 169 Å². The number of anilines is 1. The van der Waals surface area contributed by atoms with E-state index in [1.807, 2.05) is 30.3 Å². The summed E-state index contributed by atoms with van der Waals surface area (Å²) in [5, 5.41) is 9.97. The molecule has 2 amide bonds. The second kappa shape index (κ2) is 8.31. The number of carbonyl (C=O) groups excluding carboxylic acids is 2. The van der Waals surface area contributed by atoms with Gasteiger partial charge in [0.2, 0.25) is 0 Å². The van der Waals surface area contributed by atoms with Gasteiger partial charge in [-0.05, 0) is 44.0 Å². The first-order valence-electron chi connectivity index (χ1n) is 9.86. The second-order valence-corrected chi connectivity index (χ2v) is 7.31. The second-order valence-electron chi connectivity index (χ2n) is 7.31. The third-order valence-corrected chi connectivity index (χ3v) is 5.23. The highest BCUT2D eigenvalue weighted by molar-refractivity contribution is 6.09. The van der Waals surface area contributed by atoms with Crippen LogP contribution in [-0.2, 0) is 0 Å². The molecule has 0 saturated heterocycles. The fourth-order valence-corrected chi connectivity index (χ4v) is 3.67. The summed E-state index contributed by atoms with van der Waals surface area (Å²) >= 11 is 0. The molecule has 1 aromatic heterocycles. The van der Waals surface area contributed by atoms with Crippen molar-refractivity contribution >= 4 is 17.5 Å². The number of nitrogens with zero attached hydrogens (tertiary/aromatic N) is 1. The number of nitrogens with one attached hydrogen (secondary N) is 2. The predicted molar refractivity (Wildman–Crippen MR) is 111 cm³/mol. The SMILES string of the molecule is Cc1onc(-c2ccccc2)c1C(=O)Nc1ccc(C(=O)NC2CCCC2)cc1. The summed E-state index contributed by atoms with van der Waals surface area (Å²) in [7, 11) is 0. The molecule has 1 aliphatic rings. The largest absolute Gasteiger partial charge is 0.360 e. The molecule has 0 radical (unpaired) electrons. The van der Waals surface area contributed by atoms with Crippen LogP contribution in [0.15, 0.2) is 59.1 Å². The summed E-state index contributed by atoms with van der Waals surface area (Å²) in [6.45, 7) is 1.71. The number of aromatic nitrogens is 1. The fraction of sp³-hybridized carbons (Fsp3) is 0.261. The van der Waals surface area contributed by atoms with Crippen LogP contribution in [0.25, 0.3) is 11.3 Å². The summed E-state index contributed by atoms with van der Waals surface area (Å²) in [6, 6.07) is 16.6. The van der Waals surface area contributed by atoms with Crippen LogP contribution in [0.3, 0.4) is 0 Å². The summed E-state index contributed by atoms with van der Waals surface area (Å²) in [4.78, 5) is 25.2. The van der Waals surface area contributed by atoms with Crippen molar-refractivity contribution in [3.05, 3.63) is 71.5 Å². The van der Waals surface area contributed by atoms with Gasteiger partial charge < -0.3 is 15.2 Å². The molecule has 2 aromatic carbocycles. The predicted octanol–water partition coefficient (Wildman–Crippen LogP) is 4.57. The molecule has 0 aliphatic heterocycles. The average Bonchev–Trinajstić information content (AvgIpc) is 3.38. The number of aryl methyl sites for hydroxylation is 1. The van der Waals surface area contributed by atoms with Crippen molar-refractivity contribution in [2.45, 2.75) is 38.6 Å². The van der Waals surface area contributed by atoms with Crippen molar-refractivity contribution in [3.8, 4) is 11.3 Å². The average molecular weight is 389 g/mol. The number of rotatable bonds is 5. The van der Waals surface area contributed by atoms with Crippen LogP contribution in [0.5, 0.6) is 0 Å². The fourth-order valence-electron chi connectivity index (χ4n) is 3.67. The van der Waals surface area contributed by atoms with Gasteiger partial charge in [-0.25, -0.2) is 0 Å². The molecule has 6 nitrogen and oxygen atoms in total. The Bertz CT molecular complexity index is 1000. The van der Waals surface area contributed by atoms with Gasteiger partial charge in [-0.1, -0.05) is 48.3 Å². The molecule has 2 N–H and O–H groups in total. The van der Waals surface area contributed by atoms with Gasteiger partial charge in [0.25, 0.3) is 11.8 Å². The Balaban J connectivity index is 1.47. The Morgan fingerprint density at radius 3 is 2.34 bits per heavy atom. The minimum Gasteiger partial charge on any atom is -0.360 e. The molecule has 0 atom stereocenters. The minimum atomic E-state index is -0.300. The molecule has 1 fully saturated rings. The van der Waals surface area contributed by atoms with Crippen LogP contribution in [-0.4, -0.2) is 23.0 Å². The molecular formula is C23H23N3O3. The van der Waals surface area contributed by atoms with Crippen molar-refractivity contribution in [2.24, 2.45) is 0 Å². The van der Waals surface area contributed by atoms with E-state index >= 15 is 0 Å². The van der Waals surface area contributed by atoms with Gasteiger partial charge in [-0.2, -0.15) is 0 Å². The van der Waals surface area contributed by atoms with E-state index in [4.69, 9.17) is 4.52 Å². The van der Waals surface area contributed by atoms with Gasteiger partial charge >= 0.3 is 0 Å². The van der Waals surface area contributed by atoms with Crippen LogP contribution < -0.4 is 10.6 Å². The molecule has 0 spiro atoms. The van der Waals surface area contributed by atoms with Gasteiger partial charge in [-0.15, -0.1) is 0 Å². The monoisotopic (exact) mass is 389 g/mol. The van der Waals surface area contributed by atoms with Gasteiger partial charge in [0.1, 0.15) is 17.0 Å². The molecule has 4 rings (SSSR count). The van der Waals surface area contributed by atoms with Crippen molar-refractivity contribution in [1.29, 1.82) is 0 Å². The highest BCUT2D eigenvalue weighted by Gasteiger charge is 2.22. The van der Waals surface area contributed by atoms with Gasteiger partial charge in [-0.3, -0.25) is 9.59 Å². The third-order valence-electron chi connectivity index (χ3n) is 5.23. The van der Waals surface area contributed by atoms with Crippen molar-refractivity contribution in [3.63, 3.8) is 0 Å². The third kappa shape index (κ3) is 4.21. The molecule has 29 heavy (non-hydrogen) atoms. The van der Waals surface area contributed by atoms with E-state index < -0.39 is 0 Å². The van der Waals surface area contributed by atoms with Gasteiger partial charge in [0, 0.05) is 22.9 Å². The highest BCUT2D eigenvalue weighted by atomic mass is 16.5. The van der Waals surface area contributed by atoms with Crippen LogP contribution in [0.2, 0.25) is 0 Å². The van der Waals surface area contributed by atoms with Crippen LogP contribution in [0.4, 0.5) is 5.69 Å². The van der Waals surface area contributed by atoms with Crippen LogP contribution >= 0.6 is 0 Å². The van der Waals surface area contributed by atoms with E-state index in [1.165, 1.54) is 12.8 Å². The molecular weight excluding hydrogens is 366 g/mol. The lowest BCUT2D eigenvalue weighted by Gasteiger charge is -2.12. The quantitative estimate of drug-likeness (QED) is 0.669. The topological polar surface area (TPSA) is 84.2 Å². The number of hydrogen-bond donors (Lipinski definition) is 2. The maximum absolute atomic E-state index is 12.8. The number of carbonyl (C=O) groups is 2. The molecule has 0 bridgehead atoms. The Morgan fingerprint density at radius 1 is 0.966 bits per heavy atom. The van der Waals surface area contributed by atoms with E-state index in [-0.39, 0.29) is 17.9 Å². The van der Waals surface area contributed by atoms with Crippen LogP contribution in [0, 0.1) is 6.92 Å². The van der Waals surface area contributed by atoms with E-state index in [9.17, 15) is 9.59 Å². The zero-order valence-corrected chi connectivity index (χ0v) is 16.3. The van der Waals surface area contributed by atoms with Crippen molar-refractivity contribution in [1.82, 2.24) is 10.5 Å². The van der Waals surface area contributed by atoms with E-state index in [0.717, 1.165) is 18.4 Å². The standard InChI is InChI=1S/C23H23N3O3/c1-15-20(21(26-29-15)16-7-3-2-4-8-16)23(28)25-19-13-11-17(12-14-19)22(27)24-18-9-5-6-10-18/h2-4,7-8,11-14,18H,5-6,9-10H2,1H3,(H,24,27)(H,25,28). The first-order chi connectivity index (χ1) is 14.1. The lowest BCUT2D eigenvalue weighted by Crippen LogP contribution is -2.32. The maximum atomic E-state index is 12.8. The summed E-state index contributed by atoms with van der Waals surface area (Å²) in [6.07, 6.45) is 4.43. The Morgan fingerprint density at radius 2 is 1.66 bits per heavy atom. The first kappa shape index (κ1) is 18.9. The van der Waals surface area contributed by atoms with E-state index in [0.29, 0.717) is 28.3 Å². The first-order valence-corrected chi connectivity index (χ1v) is 9.86. The molecule has 0 unspecified atom stereocenters. The lowest BCUT2D eigenvalue weighted by atomic mass is 10.1. The zero-order chi connectivity index (χ0) is 20.2. The molecule has 6 heteroatoms. The van der Waals surface area contributed by atoms with Crippen molar-refractivity contribution < 1.29 is 14.1 Å². The van der Waals surface area contributed by atoms with E-state index in [1.54, 1.807) is 31.2 Å². The molecule has 1 saturated carbocycles. The molecule has 1 aliphatic carbocycles. The minimum absolute atomic E-state index is 0.0731. The summed E-state index contributed by atoms with van der Waals surface area (Å²) in [5.74, 6) is 0.0793. The van der Waals surface area contributed by atoms with Crippen LogP contribution in [0.1, 0.15) is 52.2 Å². The smallest absolute Gasteiger partial charge is 0.261 e. The highest BCUT2D eigenvalue weighted by Crippen LogP contribution is 2.26. The summed E-state index contributed by atoms with van der Waals surface area (Å²) in [5.41, 5.74) is 2.91. The summed E-state index contributed by atoms with van der Waals surface area (Å²) < 4.78 is 5.26. The van der Waals surface area contributed by atoms with Crippen molar-refractivity contribution in [2.75, 3.05) is 5.32 Å². The van der Waals surface area contributed by atoms with Gasteiger partial charge in [0.05, 0.1) is 0 Å². The number of benzene rings is 2. The lowest BCUT2D eigenvalue weighted by molar-refractivity contribution is 0.0937. The Hall–Kier alpha value is -3.41. The molecule has 3 aromatic rings. The zero-order valence-electron chi connectivity index (χ0n) is 16.3. The number of amides is 2. The molecule has 1 heterocycles. The van der Waals surface area contributed by atoms with E-state index in [2.05, 4.69) is 15.8 Å². The van der Waals surface area contributed by atoms with Gasteiger partial charge in [0.15, 0.2) is 0 Å². The molecule has 148 valence electrons. The number of hydrogen-bond acceptors (Lipinski definition) is 4. The maximum Gasteiger partial charge on any atom is 0.261 e.